The standard InChI is InChI=1S/C12H15NO3/c1-7(2)13-10-6-9(14)4-5-11(10)16-8(3)12(13)15/h4-8,14H,1-3H3. The molecule has 0 aliphatic carbocycles. The summed E-state index contributed by atoms with van der Waals surface area (Å²) in [5, 5.41) is 9.45. The molecular weight excluding hydrogens is 206 g/mol. The van der Waals surface area contributed by atoms with Crippen molar-refractivity contribution >= 4 is 11.6 Å². The number of amides is 1. The summed E-state index contributed by atoms with van der Waals surface area (Å²) in [6.07, 6.45) is -0.473. The van der Waals surface area contributed by atoms with Crippen LogP contribution in [0.5, 0.6) is 11.5 Å². The summed E-state index contributed by atoms with van der Waals surface area (Å²) in [6.45, 7) is 5.60. The Balaban J connectivity index is 2.53. The van der Waals surface area contributed by atoms with Gasteiger partial charge in [0.25, 0.3) is 5.91 Å². The molecule has 0 saturated heterocycles. The molecule has 1 N–H and O–H groups in total. The van der Waals surface area contributed by atoms with Crippen molar-refractivity contribution in [3.05, 3.63) is 18.2 Å². The second-order valence-corrected chi connectivity index (χ2v) is 4.21. The van der Waals surface area contributed by atoms with Gasteiger partial charge in [-0.15, -0.1) is 0 Å². The second-order valence-electron chi connectivity index (χ2n) is 4.21. The van der Waals surface area contributed by atoms with Crippen molar-refractivity contribution in [2.45, 2.75) is 32.9 Å². The smallest absolute Gasteiger partial charge is 0.268 e. The predicted octanol–water partition coefficient (Wildman–Crippen LogP) is 1.91. The molecule has 1 heterocycles. The van der Waals surface area contributed by atoms with E-state index in [2.05, 4.69) is 0 Å². The molecule has 1 aliphatic rings. The molecule has 4 heteroatoms. The van der Waals surface area contributed by atoms with Gasteiger partial charge in [-0.2, -0.15) is 0 Å². The highest BCUT2D eigenvalue weighted by atomic mass is 16.5. The van der Waals surface area contributed by atoms with Crippen molar-refractivity contribution < 1.29 is 14.6 Å². The van der Waals surface area contributed by atoms with Gasteiger partial charge in [0.2, 0.25) is 0 Å². The highest BCUT2D eigenvalue weighted by Gasteiger charge is 2.33. The highest BCUT2D eigenvalue weighted by Crippen LogP contribution is 2.37. The largest absolute Gasteiger partial charge is 0.508 e. The minimum atomic E-state index is -0.473. The Hall–Kier alpha value is -1.71. The Labute approximate surface area is 94.4 Å². The number of aromatic hydroxyl groups is 1. The minimum Gasteiger partial charge on any atom is -0.508 e. The maximum absolute atomic E-state index is 12.0. The van der Waals surface area contributed by atoms with Gasteiger partial charge in [0, 0.05) is 12.1 Å². The molecule has 1 unspecified atom stereocenters. The number of anilines is 1. The van der Waals surface area contributed by atoms with E-state index in [0.717, 1.165) is 0 Å². The monoisotopic (exact) mass is 221 g/mol. The van der Waals surface area contributed by atoms with Gasteiger partial charge < -0.3 is 14.7 Å². The van der Waals surface area contributed by atoms with E-state index < -0.39 is 6.10 Å². The molecule has 0 aromatic heterocycles. The van der Waals surface area contributed by atoms with Crippen molar-refractivity contribution in [3.63, 3.8) is 0 Å². The van der Waals surface area contributed by atoms with Crippen molar-refractivity contribution in [2.75, 3.05) is 4.90 Å². The van der Waals surface area contributed by atoms with Crippen molar-refractivity contribution in [1.82, 2.24) is 0 Å². The fraction of sp³-hybridized carbons (Fsp3) is 0.417. The molecular formula is C12H15NO3. The Kier molecular flexibility index (Phi) is 2.50. The fourth-order valence-corrected chi connectivity index (χ4v) is 1.88. The lowest BCUT2D eigenvalue weighted by Gasteiger charge is -2.35. The van der Waals surface area contributed by atoms with Gasteiger partial charge in [0.05, 0.1) is 5.69 Å². The zero-order valence-electron chi connectivity index (χ0n) is 9.60. The quantitative estimate of drug-likeness (QED) is 0.788. The van der Waals surface area contributed by atoms with Crippen LogP contribution in [-0.4, -0.2) is 23.2 Å². The first-order valence-electron chi connectivity index (χ1n) is 5.33. The Morgan fingerprint density at radius 3 is 2.75 bits per heavy atom. The molecule has 86 valence electrons. The number of hydrogen-bond donors (Lipinski definition) is 1. The van der Waals surface area contributed by atoms with Crippen LogP contribution in [0, 0.1) is 0 Å². The molecule has 2 rings (SSSR count). The van der Waals surface area contributed by atoms with Crippen LogP contribution in [0.15, 0.2) is 18.2 Å². The van der Waals surface area contributed by atoms with Crippen molar-refractivity contribution in [1.29, 1.82) is 0 Å². The molecule has 0 spiro atoms. The Morgan fingerprint density at radius 2 is 2.12 bits per heavy atom. The molecule has 0 fully saturated rings. The topological polar surface area (TPSA) is 49.8 Å². The molecule has 1 aromatic rings. The molecule has 1 aromatic carbocycles. The van der Waals surface area contributed by atoms with Gasteiger partial charge in [-0.25, -0.2) is 0 Å². The summed E-state index contributed by atoms with van der Waals surface area (Å²) >= 11 is 0. The number of phenols is 1. The van der Waals surface area contributed by atoms with Gasteiger partial charge >= 0.3 is 0 Å². The molecule has 1 amide bonds. The van der Waals surface area contributed by atoms with Crippen molar-refractivity contribution in [2.24, 2.45) is 0 Å². The van der Waals surface area contributed by atoms with Crippen LogP contribution in [0.1, 0.15) is 20.8 Å². The predicted molar refractivity (Wildman–Crippen MR) is 60.8 cm³/mol. The number of carbonyl (C=O) groups is 1. The van der Waals surface area contributed by atoms with E-state index in [1.54, 1.807) is 30.0 Å². The molecule has 0 saturated carbocycles. The second kappa shape index (κ2) is 3.70. The number of hydrogen-bond acceptors (Lipinski definition) is 3. The maximum atomic E-state index is 12.0. The molecule has 4 nitrogen and oxygen atoms in total. The SMILES string of the molecule is CC1Oc2ccc(O)cc2N(C(C)C)C1=O. The van der Waals surface area contributed by atoms with Crippen LogP contribution in [0.2, 0.25) is 0 Å². The first-order valence-corrected chi connectivity index (χ1v) is 5.33. The van der Waals surface area contributed by atoms with Crippen LogP contribution in [0.4, 0.5) is 5.69 Å². The number of phenolic OH excluding ortho intramolecular Hbond substituents is 1. The van der Waals surface area contributed by atoms with Crippen LogP contribution in [-0.2, 0) is 4.79 Å². The molecule has 1 aliphatic heterocycles. The van der Waals surface area contributed by atoms with E-state index >= 15 is 0 Å². The fourth-order valence-electron chi connectivity index (χ4n) is 1.88. The van der Waals surface area contributed by atoms with Gasteiger partial charge in [-0.3, -0.25) is 4.79 Å². The third-order valence-electron chi connectivity index (χ3n) is 2.61. The van der Waals surface area contributed by atoms with Crippen LogP contribution in [0.25, 0.3) is 0 Å². The van der Waals surface area contributed by atoms with Crippen LogP contribution in [0.3, 0.4) is 0 Å². The maximum Gasteiger partial charge on any atom is 0.268 e. The highest BCUT2D eigenvalue weighted by molar-refractivity contribution is 6.00. The van der Waals surface area contributed by atoms with Crippen LogP contribution < -0.4 is 9.64 Å². The third kappa shape index (κ3) is 1.60. The lowest BCUT2D eigenvalue weighted by atomic mass is 10.1. The number of nitrogens with zero attached hydrogens (tertiary/aromatic N) is 1. The minimum absolute atomic E-state index is 0.0411. The molecule has 0 bridgehead atoms. The summed E-state index contributed by atoms with van der Waals surface area (Å²) < 4.78 is 5.48. The zero-order valence-corrected chi connectivity index (χ0v) is 9.60. The van der Waals surface area contributed by atoms with Gasteiger partial charge in [0.1, 0.15) is 11.5 Å². The van der Waals surface area contributed by atoms with Gasteiger partial charge in [-0.05, 0) is 32.9 Å². The summed E-state index contributed by atoms with van der Waals surface area (Å²) in [7, 11) is 0. The first kappa shape index (κ1) is 10.8. The lowest BCUT2D eigenvalue weighted by Crippen LogP contribution is -2.47. The van der Waals surface area contributed by atoms with E-state index in [0.29, 0.717) is 11.4 Å². The number of ether oxygens (including phenoxy) is 1. The number of benzene rings is 1. The van der Waals surface area contributed by atoms with E-state index in [4.69, 9.17) is 4.74 Å². The Morgan fingerprint density at radius 1 is 1.44 bits per heavy atom. The van der Waals surface area contributed by atoms with Gasteiger partial charge in [0.15, 0.2) is 6.10 Å². The normalized spacial score (nSPS) is 19.6. The first-order chi connectivity index (χ1) is 7.50. The summed E-state index contributed by atoms with van der Waals surface area (Å²) in [5.41, 5.74) is 0.637. The third-order valence-corrected chi connectivity index (χ3v) is 2.61. The summed E-state index contributed by atoms with van der Waals surface area (Å²) in [4.78, 5) is 13.6. The Bertz CT molecular complexity index is 428. The van der Waals surface area contributed by atoms with Crippen LogP contribution >= 0.6 is 0 Å². The van der Waals surface area contributed by atoms with Gasteiger partial charge in [-0.1, -0.05) is 0 Å². The van der Waals surface area contributed by atoms with E-state index in [9.17, 15) is 9.90 Å². The molecule has 1 atom stereocenters. The number of fused-ring (bicyclic) bond motifs is 1. The van der Waals surface area contributed by atoms with E-state index in [1.807, 2.05) is 13.8 Å². The number of rotatable bonds is 1. The van der Waals surface area contributed by atoms with E-state index in [-0.39, 0.29) is 17.7 Å². The number of carbonyl (C=O) groups excluding carboxylic acids is 1. The average molecular weight is 221 g/mol. The summed E-state index contributed by atoms with van der Waals surface area (Å²) in [5.74, 6) is 0.696. The zero-order chi connectivity index (χ0) is 11.9. The average Bonchev–Trinajstić information content (AvgIpc) is 2.20. The molecule has 0 radical (unpaired) electrons. The summed E-state index contributed by atoms with van der Waals surface area (Å²) in [6, 6.07) is 4.83. The lowest BCUT2D eigenvalue weighted by molar-refractivity contribution is -0.125. The molecule has 16 heavy (non-hydrogen) atoms. The van der Waals surface area contributed by atoms with Crippen molar-refractivity contribution in [3.8, 4) is 11.5 Å². The van der Waals surface area contributed by atoms with E-state index in [1.165, 1.54) is 0 Å².